The Balaban J connectivity index is 1.91. The van der Waals surface area contributed by atoms with Crippen molar-refractivity contribution < 1.29 is 18.7 Å². The van der Waals surface area contributed by atoms with E-state index in [4.69, 9.17) is 21.7 Å². The molecule has 2 aromatic rings. The van der Waals surface area contributed by atoms with Crippen molar-refractivity contribution in [1.82, 2.24) is 0 Å². The van der Waals surface area contributed by atoms with E-state index in [0.29, 0.717) is 26.4 Å². The topological polar surface area (TPSA) is 38.8 Å². The Kier molecular flexibility index (Phi) is 5.06. The Morgan fingerprint density at radius 2 is 1.76 bits per heavy atom. The molecule has 1 saturated heterocycles. The number of halogens is 1. The van der Waals surface area contributed by atoms with Crippen LogP contribution in [0.4, 0.5) is 10.1 Å². The van der Waals surface area contributed by atoms with Crippen LogP contribution < -0.4 is 14.4 Å². The average Bonchev–Trinajstić information content (AvgIpc) is 2.89. The van der Waals surface area contributed by atoms with Gasteiger partial charge >= 0.3 is 0 Å². The van der Waals surface area contributed by atoms with Gasteiger partial charge in [0.15, 0.2) is 15.8 Å². The first-order valence-corrected chi connectivity index (χ1v) is 8.51. The van der Waals surface area contributed by atoms with E-state index < -0.39 is 0 Å². The fraction of sp³-hybridized carbons (Fsp3) is 0.111. The number of methoxy groups -OCH3 is 2. The maximum absolute atomic E-state index is 13.1. The smallest absolute Gasteiger partial charge is 0.270 e. The second-order valence-electron chi connectivity index (χ2n) is 5.11. The zero-order valence-corrected chi connectivity index (χ0v) is 15.1. The van der Waals surface area contributed by atoms with Gasteiger partial charge in [-0.05, 0) is 48.0 Å². The summed E-state index contributed by atoms with van der Waals surface area (Å²) in [6.07, 6.45) is 1.74. The number of anilines is 1. The van der Waals surface area contributed by atoms with Crippen molar-refractivity contribution in [1.29, 1.82) is 0 Å². The maximum atomic E-state index is 13.1. The van der Waals surface area contributed by atoms with E-state index in [-0.39, 0.29) is 11.7 Å². The molecule has 4 nitrogen and oxygen atoms in total. The number of thioether (sulfide) groups is 1. The van der Waals surface area contributed by atoms with E-state index in [2.05, 4.69) is 0 Å². The Hall–Kier alpha value is -2.38. The van der Waals surface area contributed by atoms with E-state index >= 15 is 0 Å². The van der Waals surface area contributed by atoms with Crippen LogP contribution in [0.3, 0.4) is 0 Å². The first-order valence-electron chi connectivity index (χ1n) is 7.29. The van der Waals surface area contributed by atoms with Gasteiger partial charge in [-0.15, -0.1) is 0 Å². The Bertz CT molecular complexity index is 865. The zero-order valence-electron chi connectivity index (χ0n) is 13.5. The third-order valence-electron chi connectivity index (χ3n) is 3.58. The van der Waals surface area contributed by atoms with Crippen molar-refractivity contribution in [2.45, 2.75) is 0 Å². The molecule has 128 valence electrons. The van der Waals surface area contributed by atoms with Gasteiger partial charge in [-0.2, -0.15) is 0 Å². The van der Waals surface area contributed by atoms with Crippen molar-refractivity contribution in [2.75, 3.05) is 19.1 Å². The van der Waals surface area contributed by atoms with E-state index in [1.807, 2.05) is 6.07 Å². The first-order chi connectivity index (χ1) is 12.0. The lowest BCUT2D eigenvalue weighted by atomic mass is 10.2. The summed E-state index contributed by atoms with van der Waals surface area (Å²) < 4.78 is 24.0. The quantitative estimate of drug-likeness (QED) is 0.590. The standard InChI is InChI=1S/C18H14FNO3S2/c1-22-14-8-3-11(9-15(14)23-2)10-16-17(21)20(18(24)25-16)13-6-4-12(19)5-7-13/h3-10H,1-2H3/b16-10-. The van der Waals surface area contributed by atoms with Gasteiger partial charge in [-0.1, -0.05) is 30.0 Å². The predicted molar refractivity (Wildman–Crippen MR) is 102 cm³/mol. The lowest BCUT2D eigenvalue weighted by Gasteiger charge is -2.14. The molecule has 0 aliphatic carbocycles. The molecule has 0 unspecified atom stereocenters. The Morgan fingerprint density at radius 1 is 1.08 bits per heavy atom. The minimum Gasteiger partial charge on any atom is -0.493 e. The van der Waals surface area contributed by atoms with E-state index in [0.717, 1.165) is 5.56 Å². The fourth-order valence-electron chi connectivity index (χ4n) is 2.37. The summed E-state index contributed by atoms with van der Waals surface area (Å²) >= 11 is 6.50. The highest BCUT2D eigenvalue weighted by molar-refractivity contribution is 8.27. The van der Waals surface area contributed by atoms with Crippen LogP contribution in [0.25, 0.3) is 6.08 Å². The number of ether oxygens (including phenoxy) is 2. The lowest BCUT2D eigenvalue weighted by molar-refractivity contribution is -0.113. The molecule has 2 aromatic carbocycles. The molecule has 0 N–H and O–H groups in total. The number of thiocarbonyl (C=S) groups is 1. The average molecular weight is 375 g/mol. The highest BCUT2D eigenvalue weighted by atomic mass is 32.2. The fourth-order valence-corrected chi connectivity index (χ4v) is 3.67. The summed E-state index contributed by atoms with van der Waals surface area (Å²) in [7, 11) is 3.11. The molecule has 0 spiro atoms. The monoisotopic (exact) mass is 375 g/mol. The third kappa shape index (κ3) is 3.52. The molecule has 0 radical (unpaired) electrons. The maximum Gasteiger partial charge on any atom is 0.270 e. The zero-order chi connectivity index (χ0) is 18.0. The van der Waals surface area contributed by atoms with E-state index in [9.17, 15) is 9.18 Å². The molecule has 0 bridgehead atoms. The molecule has 25 heavy (non-hydrogen) atoms. The van der Waals surface area contributed by atoms with Crippen LogP contribution in [-0.4, -0.2) is 24.4 Å². The van der Waals surface area contributed by atoms with Crippen LogP contribution >= 0.6 is 24.0 Å². The summed E-state index contributed by atoms with van der Waals surface area (Å²) in [5.74, 6) is 0.579. The number of rotatable bonds is 4. The molecule has 1 amide bonds. The third-order valence-corrected chi connectivity index (χ3v) is 4.89. The van der Waals surface area contributed by atoms with Crippen molar-refractivity contribution in [3.05, 3.63) is 58.8 Å². The molecular weight excluding hydrogens is 361 g/mol. The van der Waals surface area contributed by atoms with Gasteiger partial charge in [-0.25, -0.2) is 4.39 Å². The Labute approximate surface area is 154 Å². The van der Waals surface area contributed by atoms with Gasteiger partial charge in [0.2, 0.25) is 0 Å². The van der Waals surface area contributed by atoms with Crippen LogP contribution in [0.1, 0.15) is 5.56 Å². The van der Waals surface area contributed by atoms with Crippen LogP contribution in [0.2, 0.25) is 0 Å². The number of benzene rings is 2. The van der Waals surface area contributed by atoms with E-state index in [1.165, 1.54) is 40.9 Å². The predicted octanol–water partition coefficient (Wildman–Crippen LogP) is 4.25. The molecule has 3 rings (SSSR count). The van der Waals surface area contributed by atoms with Crippen molar-refractivity contribution >= 4 is 46.0 Å². The number of hydrogen-bond acceptors (Lipinski definition) is 5. The number of amides is 1. The van der Waals surface area contributed by atoms with Crippen LogP contribution in [-0.2, 0) is 4.79 Å². The van der Waals surface area contributed by atoms with E-state index in [1.54, 1.807) is 32.4 Å². The summed E-state index contributed by atoms with van der Waals surface area (Å²) in [4.78, 5) is 14.6. The highest BCUT2D eigenvalue weighted by Gasteiger charge is 2.33. The highest BCUT2D eigenvalue weighted by Crippen LogP contribution is 2.37. The molecule has 1 aliphatic heterocycles. The Morgan fingerprint density at radius 3 is 2.40 bits per heavy atom. The minimum atomic E-state index is -0.366. The van der Waals surface area contributed by atoms with Crippen LogP contribution in [0.15, 0.2) is 47.4 Å². The normalized spacial score (nSPS) is 15.8. The first kappa shape index (κ1) is 17.4. The van der Waals surface area contributed by atoms with Crippen molar-refractivity contribution in [3.8, 4) is 11.5 Å². The summed E-state index contributed by atoms with van der Waals surface area (Å²) in [6.45, 7) is 0. The summed E-state index contributed by atoms with van der Waals surface area (Å²) in [6, 6.07) is 11.0. The summed E-state index contributed by atoms with van der Waals surface area (Å²) in [5, 5.41) is 0. The number of hydrogen-bond donors (Lipinski definition) is 0. The number of carbonyl (C=O) groups is 1. The molecular formula is C18H14FNO3S2. The number of nitrogens with zero attached hydrogens (tertiary/aromatic N) is 1. The SMILES string of the molecule is COc1ccc(/C=C2\SC(=S)N(c3ccc(F)cc3)C2=O)cc1OC. The largest absolute Gasteiger partial charge is 0.493 e. The van der Waals surface area contributed by atoms with Crippen LogP contribution in [0.5, 0.6) is 11.5 Å². The van der Waals surface area contributed by atoms with Gasteiger partial charge in [0.1, 0.15) is 5.82 Å². The second kappa shape index (κ2) is 7.25. The van der Waals surface area contributed by atoms with Crippen molar-refractivity contribution in [2.24, 2.45) is 0 Å². The lowest BCUT2D eigenvalue weighted by Crippen LogP contribution is -2.27. The molecule has 1 heterocycles. The molecule has 1 fully saturated rings. The molecule has 7 heteroatoms. The minimum absolute atomic E-state index is 0.239. The van der Waals surface area contributed by atoms with Crippen LogP contribution in [0, 0.1) is 5.82 Å². The summed E-state index contributed by atoms with van der Waals surface area (Å²) in [5.41, 5.74) is 1.33. The van der Waals surface area contributed by atoms with Gasteiger partial charge in [-0.3, -0.25) is 9.69 Å². The molecule has 0 aromatic heterocycles. The molecule has 0 atom stereocenters. The van der Waals surface area contributed by atoms with Gasteiger partial charge in [0.05, 0.1) is 24.8 Å². The number of carbonyl (C=O) groups excluding carboxylic acids is 1. The molecule has 0 saturated carbocycles. The van der Waals surface area contributed by atoms with Gasteiger partial charge < -0.3 is 9.47 Å². The second-order valence-corrected chi connectivity index (χ2v) is 6.78. The van der Waals surface area contributed by atoms with Crippen molar-refractivity contribution in [3.63, 3.8) is 0 Å². The van der Waals surface area contributed by atoms with Gasteiger partial charge in [0, 0.05) is 0 Å². The van der Waals surface area contributed by atoms with Gasteiger partial charge in [0.25, 0.3) is 5.91 Å². The molecule has 1 aliphatic rings.